The lowest BCUT2D eigenvalue weighted by Gasteiger charge is -2.08. The van der Waals surface area contributed by atoms with Crippen molar-refractivity contribution in [3.63, 3.8) is 0 Å². The van der Waals surface area contributed by atoms with Crippen molar-refractivity contribution in [3.05, 3.63) is 33.3 Å². The summed E-state index contributed by atoms with van der Waals surface area (Å²) in [5, 5.41) is 10.6. The molecule has 0 spiro atoms. The SMILES string of the molecule is O=C(Cn1nc(C(F)F)c(Cl)c1C1CC1)NCCn1cc(Br)cn1. The first-order valence-electron chi connectivity index (χ1n) is 7.44. The fraction of sp³-hybridized carbons (Fsp3) is 0.500. The van der Waals surface area contributed by atoms with Crippen LogP contribution in [0.4, 0.5) is 8.78 Å². The van der Waals surface area contributed by atoms with Gasteiger partial charge in [-0.25, -0.2) is 8.78 Å². The molecule has 1 amide bonds. The molecule has 1 aliphatic rings. The number of nitrogens with zero attached hydrogens (tertiary/aromatic N) is 4. The molecule has 0 bridgehead atoms. The third-order valence-electron chi connectivity index (χ3n) is 3.69. The second-order valence-electron chi connectivity index (χ2n) is 5.59. The fourth-order valence-electron chi connectivity index (χ4n) is 2.44. The van der Waals surface area contributed by atoms with Crippen LogP contribution in [0.2, 0.25) is 5.02 Å². The summed E-state index contributed by atoms with van der Waals surface area (Å²) < 4.78 is 29.8. The molecule has 10 heteroatoms. The molecule has 0 aliphatic heterocycles. The van der Waals surface area contributed by atoms with E-state index in [-0.39, 0.29) is 23.4 Å². The Morgan fingerprint density at radius 2 is 2.25 bits per heavy atom. The number of carbonyl (C=O) groups is 1. The van der Waals surface area contributed by atoms with Crippen molar-refractivity contribution in [3.8, 4) is 0 Å². The number of hydrogen-bond donors (Lipinski definition) is 1. The van der Waals surface area contributed by atoms with Gasteiger partial charge in [0.1, 0.15) is 12.2 Å². The van der Waals surface area contributed by atoms with Gasteiger partial charge in [-0.2, -0.15) is 10.2 Å². The van der Waals surface area contributed by atoms with Crippen LogP contribution in [0.5, 0.6) is 0 Å². The Labute approximate surface area is 150 Å². The van der Waals surface area contributed by atoms with Crippen molar-refractivity contribution >= 4 is 33.4 Å². The minimum Gasteiger partial charge on any atom is -0.353 e. The first kappa shape index (κ1) is 17.3. The second kappa shape index (κ2) is 7.18. The van der Waals surface area contributed by atoms with Gasteiger partial charge in [-0.3, -0.25) is 14.2 Å². The van der Waals surface area contributed by atoms with E-state index in [2.05, 4.69) is 31.4 Å². The van der Waals surface area contributed by atoms with Gasteiger partial charge in [0.15, 0.2) is 0 Å². The summed E-state index contributed by atoms with van der Waals surface area (Å²) in [6.45, 7) is 0.762. The average Bonchev–Trinajstić information content (AvgIpc) is 3.18. The van der Waals surface area contributed by atoms with E-state index in [9.17, 15) is 13.6 Å². The molecule has 2 heterocycles. The average molecular weight is 423 g/mol. The summed E-state index contributed by atoms with van der Waals surface area (Å²) in [4.78, 5) is 12.1. The monoisotopic (exact) mass is 421 g/mol. The maximum Gasteiger partial charge on any atom is 0.283 e. The van der Waals surface area contributed by atoms with E-state index in [0.29, 0.717) is 18.8 Å². The van der Waals surface area contributed by atoms with E-state index < -0.39 is 12.1 Å². The van der Waals surface area contributed by atoms with Crippen LogP contribution in [0, 0.1) is 0 Å². The normalized spacial score (nSPS) is 14.4. The number of hydrogen-bond acceptors (Lipinski definition) is 3. The molecule has 0 unspecified atom stereocenters. The van der Waals surface area contributed by atoms with Gasteiger partial charge >= 0.3 is 0 Å². The van der Waals surface area contributed by atoms with Gasteiger partial charge in [-0.15, -0.1) is 0 Å². The van der Waals surface area contributed by atoms with Crippen LogP contribution < -0.4 is 5.32 Å². The largest absolute Gasteiger partial charge is 0.353 e. The molecule has 3 rings (SSSR count). The van der Waals surface area contributed by atoms with E-state index in [0.717, 1.165) is 17.3 Å². The lowest BCUT2D eigenvalue weighted by Crippen LogP contribution is -2.31. The molecule has 1 saturated carbocycles. The molecule has 1 fully saturated rings. The number of aromatic nitrogens is 4. The topological polar surface area (TPSA) is 64.7 Å². The summed E-state index contributed by atoms with van der Waals surface area (Å²) >= 11 is 9.31. The number of amides is 1. The summed E-state index contributed by atoms with van der Waals surface area (Å²) in [5.74, 6) is -0.185. The zero-order valence-corrected chi connectivity index (χ0v) is 14.9. The molecule has 0 atom stereocenters. The first-order chi connectivity index (χ1) is 11.5. The zero-order chi connectivity index (χ0) is 17.3. The van der Waals surface area contributed by atoms with Crippen LogP contribution in [0.1, 0.15) is 36.6 Å². The van der Waals surface area contributed by atoms with Crippen LogP contribution in [-0.2, 0) is 17.9 Å². The van der Waals surface area contributed by atoms with Gasteiger partial charge < -0.3 is 5.32 Å². The summed E-state index contributed by atoms with van der Waals surface area (Å²) in [5.41, 5.74) is 0.0888. The lowest BCUT2D eigenvalue weighted by molar-refractivity contribution is -0.121. The Balaban J connectivity index is 1.60. The quantitative estimate of drug-likeness (QED) is 0.746. The van der Waals surface area contributed by atoms with Crippen molar-refractivity contribution in [1.29, 1.82) is 0 Å². The molecule has 0 saturated heterocycles. The van der Waals surface area contributed by atoms with Gasteiger partial charge in [0.2, 0.25) is 5.91 Å². The highest BCUT2D eigenvalue weighted by Crippen LogP contribution is 2.45. The number of carbonyl (C=O) groups excluding carboxylic acids is 1. The molecule has 130 valence electrons. The van der Waals surface area contributed by atoms with E-state index >= 15 is 0 Å². The number of rotatable bonds is 7. The zero-order valence-electron chi connectivity index (χ0n) is 12.6. The van der Waals surface area contributed by atoms with Crippen LogP contribution in [-0.4, -0.2) is 32.0 Å². The van der Waals surface area contributed by atoms with Crippen molar-refractivity contribution in [1.82, 2.24) is 24.9 Å². The predicted molar refractivity (Wildman–Crippen MR) is 87.1 cm³/mol. The van der Waals surface area contributed by atoms with Crippen LogP contribution in [0.3, 0.4) is 0 Å². The van der Waals surface area contributed by atoms with E-state index in [1.54, 1.807) is 17.1 Å². The molecule has 2 aromatic rings. The fourth-order valence-corrected chi connectivity index (χ4v) is 3.14. The summed E-state index contributed by atoms with van der Waals surface area (Å²) in [6.07, 6.45) is 2.45. The van der Waals surface area contributed by atoms with Crippen LogP contribution in [0.15, 0.2) is 16.9 Å². The minimum atomic E-state index is -2.75. The summed E-state index contributed by atoms with van der Waals surface area (Å²) in [6, 6.07) is 0. The predicted octanol–water partition coefficient (Wildman–Crippen LogP) is 3.13. The summed E-state index contributed by atoms with van der Waals surface area (Å²) in [7, 11) is 0. The molecular formula is C14H15BrClF2N5O. The Morgan fingerprint density at radius 3 is 2.83 bits per heavy atom. The van der Waals surface area contributed by atoms with E-state index in [1.165, 1.54) is 4.68 Å². The number of alkyl halides is 2. The molecule has 0 radical (unpaired) electrons. The molecule has 6 nitrogen and oxygen atoms in total. The number of halogens is 4. The molecular weight excluding hydrogens is 408 g/mol. The lowest BCUT2D eigenvalue weighted by atomic mass is 10.2. The highest BCUT2D eigenvalue weighted by molar-refractivity contribution is 9.10. The van der Waals surface area contributed by atoms with Crippen LogP contribution >= 0.6 is 27.5 Å². The number of nitrogens with one attached hydrogen (secondary N) is 1. The Bertz CT molecular complexity index is 744. The molecule has 1 N–H and O–H groups in total. The molecule has 0 aromatic carbocycles. The Kier molecular flexibility index (Phi) is 5.19. The first-order valence-corrected chi connectivity index (χ1v) is 8.61. The highest BCUT2D eigenvalue weighted by Gasteiger charge is 2.34. The molecule has 24 heavy (non-hydrogen) atoms. The van der Waals surface area contributed by atoms with Gasteiger partial charge in [0.25, 0.3) is 6.43 Å². The maximum absolute atomic E-state index is 13.0. The van der Waals surface area contributed by atoms with E-state index in [4.69, 9.17) is 11.6 Å². The highest BCUT2D eigenvalue weighted by atomic mass is 79.9. The van der Waals surface area contributed by atoms with Gasteiger partial charge in [-0.1, -0.05) is 11.6 Å². The van der Waals surface area contributed by atoms with Gasteiger partial charge in [-0.05, 0) is 28.8 Å². The third kappa shape index (κ3) is 3.94. The van der Waals surface area contributed by atoms with Crippen molar-refractivity contribution < 1.29 is 13.6 Å². The maximum atomic E-state index is 13.0. The van der Waals surface area contributed by atoms with Crippen molar-refractivity contribution in [2.75, 3.05) is 6.54 Å². The van der Waals surface area contributed by atoms with Gasteiger partial charge in [0, 0.05) is 18.7 Å². The smallest absolute Gasteiger partial charge is 0.283 e. The van der Waals surface area contributed by atoms with Crippen LogP contribution in [0.25, 0.3) is 0 Å². The minimum absolute atomic E-state index is 0.0123. The van der Waals surface area contributed by atoms with Gasteiger partial charge in [0.05, 0.1) is 27.9 Å². The Morgan fingerprint density at radius 1 is 1.50 bits per heavy atom. The second-order valence-corrected chi connectivity index (χ2v) is 6.88. The molecule has 1 aliphatic carbocycles. The Hall–Kier alpha value is -1.48. The van der Waals surface area contributed by atoms with Crippen molar-refractivity contribution in [2.24, 2.45) is 0 Å². The molecule has 2 aromatic heterocycles. The van der Waals surface area contributed by atoms with E-state index in [1.807, 2.05) is 0 Å². The third-order valence-corrected chi connectivity index (χ3v) is 4.48. The van der Waals surface area contributed by atoms with Crippen molar-refractivity contribution in [2.45, 2.75) is 38.3 Å². The standard InChI is InChI=1S/C14H15BrClF2N5O/c15-9-5-20-22(6-9)4-3-19-10(24)7-23-13(8-1-2-8)11(16)12(21-23)14(17)18/h5-6,8,14H,1-4,7H2,(H,19,24).